The Kier molecular flexibility index (Phi) is 6.99. The van der Waals surface area contributed by atoms with Crippen molar-refractivity contribution in [2.45, 2.75) is 91.9 Å². The predicted octanol–water partition coefficient (Wildman–Crippen LogP) is 4.52. The second-order valence-electron chi connectivity index (χ2n) is 11.3. The molecule has 1 aliphatic carbocycles. The minimum Gasteiger partial charge on any atom is -0.349 e. The van der Waals surface area contributed by atoms with Crippen LogP contribution < -0.4 is 5.32 Å². The average Bonchev–Trinajstić information content (AvgIpc) is 3.29. The van der Waals surface area contributed by atoms with E-state index in [1.165, 1.54) is 39.0 Å². The smallest absolute Gasteiger partial charge is 0.261 e. The molecule has 0 aromatic carbocycles. The van der Waals surface area contributed by atoms with Gasteiger partial charge in [0.1, 0.15) is 4.83 Å². The Morgan fingerprint density at radius 2 is 1.81 bits per heavy atom. The lowest BCUT2D eigenvalue weighted by molar-refractivity contribution is 0.0593. The van der Waals surface area contributed by atoms with Crippen LogP contribution in [0.25, 0.3) is 10.2 Å². The summed E-state index contributed by atoms with van der Waals surface area (Å²) in [6, 6.07) is 3.68. The topological polar surface area (TPSA) is 53.4 Å². The van der Waals surface area contributed by atoms with Crippen LogP contribution in [0.5, 0.6) is 0 Å². The van der Waals surface area contributed by atoms with Gasteiger partial charge in [0.2, 0.25) is 0 Å². The molecule has 7 heteroatoms. The molecule has 2 fully saturated rings. The Hall–Kier alpha value is -1.44. The van der Waals surface area contributed by atoms with E-state index in [2.05, 4.69) is 54.4 Å². The lowest BCUT2D eigenvalue weighted by atomic mass is 9.89. The molecule has 1 saturated heterocycles. The first-order chi connectivity index (χ1) is 15.1. The van der Waals surface area contributed by atoms with Crippen molar-refractivity contribution in [3.05, 3.63) is 16.6 Å². The normalized spacial score (nSPS) is 23.8. The molecule has 1 aliphatic heterocycles. The Labute approximate surface area is 197 Å². The fourth-order valence-electron chi connectivity index (χ4n) is 5.24. The van der Waals surface area contributed by atoms with Crippen molar-refractivity contribution < 1.29 is 4.79 Å². The minimum absolute atomic E-state index is 0.0851. The molecule has 178 valence electrons. The SMILES string of the molecule is Cc1nn(CC(C)(C)C)c2sc(C(=O)NC3CCC(N4CCN(C(C)C)CC4)CC3)cc12. The summed E-state index contributed by atoms with van der Waals surface area (Å²) in [4.78, 5) is 20.2. The van der Waals surface area contributed by atoms with E-state index >= 15 is 0 Å². The molecule has 2 aromatic rings. The Morgan fingerprint density at radius 3 is 2.41 bits per heavy atom. The van der Waals surface area contributed by atoms with Crippen LogP contribution in [0.4, 0.5) is 0 Å². The molecule has 32 heavy (non-hydrogen) atoms. The molecule has 1 amide bonds. The number of carbonyl (C=O) groups is 1. The van der Waals surface area contributed by atoms with Crippen molar-refractivity contribution >= 4 is 27.5 Å². The van der Waals surface area contributed by atoms with Gasteiger partial charge in [-0.15, -0.1) is 11.3 Å². The molecule has 0 spiro atoms. The van der Waals surface area contributed by atoms with Gasteiger partial charge in [-0.1, -0.05) is 20.8 Å². The number of thiophene rings is 1. The van der Waals surface area contributed by atoms with Gasteiger partial charge in [0.25, 0.3) is 5.91 Å². The summed E-state index contributed by atoms with van der Waals surface area (Å²) in [6.07, 6.45) is 4.56. The number of aromatic nitrogens is 2. The van der Waals surface area contributed by atoms with Crippen LogP contribution in [0.1, 0.15) is 75.7 Å². The first-order valence-electron chi connectivity index (χ1n) is 12.4. The summed E-state index contributed by atoms with van der Waals surface area (Å²) in [7, 11) is 0. The first-order valence-corrected chi connectivity index (χ1v) is 13.2. The van der Waals surface area contributed by atoms with E-state index in [0.29, 0.717) is 18.1 Å². The maximum Gasteiger partial charge on any atom is 0.261 e. The fraction of sp³-hybridized carbons (Fsp3) is 0.760. The van der Waals surface area contributed by atoms with Crippen molar-refractivity contribution in [3.8, 4) is 0 Å². The van der Waals surface area contributed by atoms with Crippen LogP contribution in [-0.4, -0.2) is 69.8 Å². The molecule has 4 rings (SSSR count). The van der Waals surface area contributed by atoms with Crippen LogP contribution in [0.15, 0.2) is 6.07 Å². The van der Waals surface area contributed by atoms with E-state index in [9.17, 15) is 4.79 Å². The number of hydrogen-bond acceptors (Lipinski definition) is 5. The molecule has 0 radical (unpaired) electrons. The van der Waals surface area contributed by atoms with Crippen LogP contribution in [0.2, 0.25) is 0 Å². The summed E-state index contributed by atoms with van der Waals surface area (Å²) >= 11 is 1.58. The first kappa shape index (κ1) is 23.7. The third-order valence-corrected chi connectivity index (χ3v) is 8.23. The van der Waals surface area contributed by atoms with Crippen molar-refractivity contribution in [1.82, 2.24) is 24.9 Å². The molecule has 0 atom stereocenters. The summed E-state index contributed by atoms with van der Waals surface area (Å²) in [6.45, 7) is 18.9. The number of piperazine rings is 1. The van der Waals surface area contributed by atoms with Gasteiger partial charge in [-0.25, -0.2) is 0 Å². The quantitative estimate of drug-likeness (QED) is 0.714. The Balaban J connectivity index is 1.31. The molecule has 1 N–H and O–H groups in total. The number of carbonyl (C=O) groups excluding carboxylic acids is 1. The minimum atomic E-state index is 0.0851. The molecule has 0 unspecified atom stereocenters. The zero-order valence-electron chi connectivity index (χ0n) is 20.8. The molecule has 1 saturated carbocycles. The van der Waals surface area contributed by atoms with E-state index in [0.717, 1.165) is 40.2 Å². The van der Waals surface area contributed by atoms with Crippen LogP contribution >= 0.6 is 11.3 Å². The summed E-state index contributed by atoms with van der Waals surface area (Å²) in [5.41, 5.74) is 1.16. The number of rotatable bonds is 5. The van der Waals surface area contributed by atoms with Gasteiger partial charge >= 0.3 is 0 Å². The second-order valence-corrected chi connectivity index (χ2v) is 12.3. The third kappa shape index (κ3) is 5.37. The highest BCUT2D eigenvalue weighted by atomic mass is 32.1. The summed E-state index contributed by atoms with van der Waals surface area (Å²) < 4.78 is 2.08. The number of fused-ring (bicyclic) bond motifs is 1. The van der Waals surface area contributed by atoms with Crippen molar-refractivity contribution in [2.75, 3.05) is 26.2 Å². The van der Waals surface area contributed by atoms with Gasteiger partial charge in [0.05, 0.1) is 10.6 Å². The van der Waals surface area contributed by atoms with Crippen molar-refractivity contribution in [1.29, 1.82) is 0 Å². The van der Waals surface area contributed by atoms with Gasteiger partial charge in [0.15, 0.2) is 0 Å². The highest BCUT2D eigenvalue weighted by molar-refractivity contribution is 7.20. The maximum atomic E-state index is 13.0. The Morgan fingerprint density at radius 1 is 1.16 bits per heavy atom. The van der Waals surface area contributed by atoms with Crippen LogP contribution in [0, 0.1) is 12.3 Å². The van der Waals surface area contributed by atoms with Gasteiger partial charge in [-0.05, 0) is 57.9 Å². The van der Waals surface area contributed by atoms with Gasteiger partial charge in [-0.3, -0.25) is 19.3 Å². The zero-order valence-corrected chi connectivity index (χ0v) is 21.6. The monoisotopic (exact) mass is 459 g/mol. The molecule has 6 nitrogen and oxygen atoms in total. The van der Waals surface area contributed by atoms with Crippen molar-refractivity contribution in [2.24, 2.45) is 5.41 Å². The Bertz CT molecular complexity index is 924. The largest absolute Gasteiger partial charge is 0.349 e. The summed E-state index contributed by atoms with van der Waals surface area (Å²) in [5.74, 6) is 0.0851. The number of hydrogen-bond donors (Lipinski definition) is 1. The number of amides is 1. The predicted molar refractivity (Wildman–Crippen MR) is 134 cm³/mol. The van der Waals surface area contributed by atoms with Gasteiger partial charge in [-0.2, -0.15) is 5.10 Å². The lowest BCUT2D eigenvalue weighted by Crippen LogP contribution is -2.53. The molecule has 2 aliphatic rings. The molecule has 2 aromatic heterocycles. The van der Waals surface area contributed by atoms with E-state index in [1.807, 2.05) is 13.0 Å². The maximum absolute atomic E-state index is 13.0. The molecule has 0 bridgehead atoms. The second kappa shape index (κ2) is 9.43. The third-order valence-electron chi connectivity index (χ3n) is 7.08. The van der Waals surface area contributed by atoms with Crippen LogP contribution in [0.3, 0.4) is 0 Å². The fourth-order valence-corrected chi connectivity index (χ4v) is 6.31. The average molecular weight is 460 g/mol. The van der Waals surface area contributed by atoms with Crippen LogP contribution in [-0.2, 0) is 6.54 Å². The lowest BCUT2D eigenvalue weighted by Gasteiger charge is -2.43. The summed E-state index contributed by atoms with van der Waals surface area (Å²) in [5, 5.41) is 9.16. The number of aryl methyl sites for hydroxylation is 1. The molecule has 3 heterocycles. The van der Waals surface area contributed by atoms with Crippen molar-refractivity contribution in [3.63, 3.8) is 0 Å². The van der Waals surface area contributed by atoms with Gasteiger partial charge in [0, 0.05) is 56.2 Å². The highest BCUT2D eigenvalue weighted by Crippen LogP contribution is 2.31. The zero-order chi connectivity index (χ0) is 23.0. The molecular formula is C25H41N5OS. The van der Waals surface area contributed by atoms with Gasteiger partial charge < -0.3 is 5.32 Å². The van der Waals surface area contributed by atoms with E-state index in [1.54, 1.807) is 11.3 Å². The van der Waals surface area contributed by atoms with E-state index < -0.39 is 0 Å². The number of nitrogens with one attached hydrogen (secondary N) is 1. The number of nitrogens with zero attached hydrogens (tertiary/aromatic N) is 4. The molecular weight excluding hydrogens is 418 g/mol. The highest BCUT2D eigenvalue weighted by Gasteiger charge is 2.30. The van der Waals surface area contributed by atoms with E-state index in [4.69, 9.17) is 5.10 Å². The standard InChI is InChI=1S/C25H41N5OS/c1-17(2)28-11-13-29(14-12-28)20-9-7-19(8-10-20)26-23(31)22-15-21-18(3)27-30(24(21)32-22)16-25(4,5)6/h15,17,19-20H,7-14,16H2,1-6H3,(H,26,31). The van der Waals surface area contributed by atoms with E-state index in [-0.39, 0.29) is 11.3 Å².